The number of aromatic nitrogens is 3. The maximum atomic E-state index is 12.3. The van der Waals surface area contributed by atoms with Crippen molar-refractivity contribution in [3.05, 3.63) is 41.2 Å². The van der Waals surface area contributed by atoms with Gasteiger partial charge in [-0.1, -0.05) is 29.8 Å². The van der Waals surface area contributed by atoms with Gasteiger partial charge < -0.3 is 0 Å². The highest BCUT2D eigenvalue weighted by Crippen LogP contribution is 2.51. The number of rotatable bonds is 3. The number of anilines is 1. The molecule has 0 aliphatic heterocycles. The zero-order valence-corrected chi connectivity index (χ0v) is 10.2. The third-order valence-electron chi connectivity index (χ3n) is 3.22. The average Bonchev–Trinajstić information content (AvgIpc) is 3.02. The fourth-order valence-corrected chi connectivity index (χ4v) is 2.40. The molecule has 0 unspecified atom stereocenters. The lowest BCUT2D eigenvalue weighted by Gasteiger charge is -2.15. The lowest BCUT2D eigenvalue weighted by molar-refractivity contribution is -0.118. The van der Waals surface area contributed by atoms with Crippen LogP contribution >= 0.6 is 11.6 Å². The van der Waals surface area contributed by atoms with E-state index in [1.807, 2.05) is 18.2 Å². The second-order valence-corrected chi connectivity index (χ2v) is 4.76. The topological polar surface area (TPSA) is 70.7 Å². The van der Waals surface area contributed by atoms with Crippen LogP contribution < -0.4 is 5.32 Å². The van der Waals surface area contributed by atoms with E-state index < -0.39 is 5.41 Å². The Balaban J connectivity index is 1.87. The van der Waals surface area contributed by atoms with Crippen molar-refractivity contribution in [2.75, 3.05) is 5.32 Å². The quantitative estimate of drug-likeness (QED) is 0.890. The zero-order chi connectivity index (χ0) is 12.6. The first-order valence-corrected chi connectivity index (χ1v) is 6.02. The highest BCUT2D eigenvalue weighted by atomic mass is 35.5. The molecule has 2 N–H and O–H groups in total. The lowest BCUT2D eigenvalue weighted by atomic mass is 9.95. The van der Waals surface area contributed by atoms with Crippen LogP contribution in [0.5, 0.6) is 0 Å². The number of nitrogens with one attached hydrogen (secondary N) is 2. The van der Waals surface area contributed by atoms with E-state index in [0.717, 1.165) is 18.4 Å². The first-order chi connectivity index (χ1) is 8.72. The van der Waals surface area contributed by atoms with E-state index in [2.05, 4.69) is 20.5 Å². The average molecular weight is 263 g/mol. The molecule has 0 bridgehead atoms. The number of H-pyrrole nitrogens is 1. The number of carbonyl (C=O) groups is 1. The molecular formula is C12H11ClN4O. The highest BCUT2D eigenvalue weighted by Gasteiger charge is 2.52. The molecule has 1 amide bonds. The Morgan fingerprint density at radius 3 is 2.78 bits per heavy atom. The second kappa shape index (κ2) is 4.10. The monoisotopic (exact) mass is 262 g/mol. The first kappa shape index (κ1) is 11.2. The van der Waals surface area contributed by atoms with Crippen LogP contribution in [0.3, 0.4) is 0 Å². The maximum Gasteiger partial charge on any atom is 0.237 e. The van der Waals surface area contributed by atoms with Crippen LogP contribution in [-0.2, 0) is 10.2 Å². The van der Waals surface area contributed by atoms with Crippen LogP contribution in [0.25, 0.3) is 0 Å². The normalized spacial score (nSPS) is 16.3. The molecule has 1 heterocycles. The number of benzene rings is 1. The SMILES string of the molecule is O=C(Nc1ncn[nH]1)C1(c2ccccc2Cl)CC1. The Kier molecular flexibility index (Phi) is 2.56. The number of hydrogen-bond acceptors (Lipinski definition) is 3. The summed E-state index contributed by atoms with van der Waals surface area (Å²) in [6.07, 6.45) is 2.96. The summed E-state index contributed by atoms with van der Waals surface area (Å²) in [6, 6.07) is 7.45. The van der Waals surface area contributed by atoms with Crippen molar-refractivity contribution in [1.29, 1.82) is 0 Å². The Hall–Kier alpha value is -1.88. The molecule has 0 saturated heterocycles. The van der Waals surface area contributed by atoms with Gasteiger partial charge in [0.25, 0.3) is 0 Å². The number of amides is 1. The Morgan fingerprint density at radius 1 is 1.39 bits per heavy atom. The van der Waals surface area contributed by atoms with Gasteiger partial charge in [0.15, 0.2) is 0 Å². The van der Waals surface area contributed by atoms with Gasteiger partial charge in [-0.05, 0) is 24.5 Å². The molecule has 5 nitrogen and oxygen atoms in total. The van der Waals surface area contributed by atoms with Crippen molar-refractivity contribution >= 4 is 23.5 Å². The molecule has 1 saturated carbocycles. The summed E-state index contributed by atoms with van der Waals surface area (Å²) in [6.45, 7) is 0. The molecule has 0 radical (unpaired) electrons. The van der Waals surface area contributed by atoms with Gasteiger partial charge in [-0.2, -0.15) is 10.1 Å². The van der Waals surface area contributed by atoms with Crippen LogP contribution in [0.1, 0.15) is 18.4 Å². The predicted molar refractivity (Wildman–Crippen MR) is 67.4 cm³/mol. The van der Waals surface area contributed by atoms with Gasteiger partial charge >= 0.3 is 0 Å². The lowest BCUT2D eigenvalue weighted by Crippen LogP contribution is -2.28. The highest BCUT2D eigenvalue weighted by molar-refractivity contribution is 6.32. The summed E-state index contributed by atoms with van der Waals surface area (Å²) in [4.78, 5) is 16.2. The van der Waals surface area contributed by atoms with Gasteiger partial charge in [-0.15, -0.1) is 0 Å². The van der Waals surface area contributed by atoms with E-state index in [9.17, 15) is 4.79 Å². The molecule has 2 aromatic rings. The van der Waals surface area contributed by atoms with Crippen LogP contribution in [0.2, 0.25) is 5.02 Å². The van der Waals surface area contributed by atoms with E-state index in [0.29, 0.717) is 11.0 Å². The Morgan fingerprint density at radius 2 is 2.17 bits per heavy atom. The van der Waals surface area contributed by atoms with E-state index in [-0.39, 0.29) is 5.91 Å². The molecule has 3 rings (SSSR count). The Bertz CT molecular complexity index is 578. The summed E-state index contributed by atoms with van der Waals surface area (Å²) in [5, 5.41) is 9.65. The van der Waals surface area contributed by atoms with E-state index >= 15 is 0 Å². The van der Waals surface area contributed by atoms with Crippen LogP contribution in [-0.4, -0.2) is 21.1 Å². The number of hydrogen-bond donors (Lipinski definition) is 2. The fourth-order valence-electron chi connectivity index (χ4n) is 2.09. The number of halogens is 1. The van der Waals surface area contributed by atoms with Crippen molar-refractivity contribution in [3.63, 3.8) is 0 Å². The molecular weight excluding hydrogens is 252 g/mol. The smallest absolute Gasteiger partial charge is 0.237 e. The molecule has 1 aromatic carbocycles. The molecule has 92 valence electrons. The number of carbonyl (C=O) groups excluding carboxylic acids is 1. The van der Waals surface area contributed by atoms with E-state index in [1.54, 1.807) is 6.07 Å². The minimum Gasteiger partial charge on any atom is -0.294 e. The van der Waals surface area contributed by atoms with Crippen molar-refractivity contribution in [3.8, 4) is 0 Å². The molecule has 0 atom stereocenters. The maximum absolute atomic E-state index is 12.3. The summed E-state index contributed by atoms with van der Waals surface area (Å²) in [5.74, 6) is 0.269. The molecule has 0 spiro atoms. The van der Waals surface area contributed by atoms with E-state index in [1.165, 1.54) is 6.33 Å². The third-order valence-corrected chi connectivity index (χ3v) is 3.55. The summed E-state index contributed by atoms with van der Waals surface area (Å²) in [5.41, 5.74) is 0.370. The largest absolute Gasteiger partial charge is 0.294 e. The van der Waals surface area contributed by atoms with Crippen molar-refractivity contribution in [1.82, 2.24) is 15.2 Å². The summed E-state index contributed by atoms with van der Waals surface area (Å²) in [7, 11) is 0. The zero-order valence-electron chi connectivity index (χ0n) is 9.48. The van der Waals surface area contributed by atoms with Gasteiger partial charge in [0.2, 0.25) is 11.9 Å². The second-order valence-electron chi connectivity index (χ2n) is 4.35. The third kappa shape index (κ3) is 1.76. The van der Waals surface area contributed by atoms with Crippen LogP contribution in [0.4, 0.5) is 5.95 Å². The summed E-state index contributed by atoms with van der Waals surface area (Å²) >= 11 is 6.16. The van der Waals surface area contributed by atoms with Gasteiger partial charge in [-0.25, -0.2) is 5.10 Å². The number of nitrogens with zero attached hydrogens (tertiary/aromatic N) is 2. The van der Waals surface area contributed by atoms with Crippen molar-refractivity contribution < 1.29 is 4.79 Å². The molecule has 1 fully saturated rings. The molecule has 1 aromatic heterocycles. The van der Waals surface area contributed by atoms with Crippen LogP contribution in [0, 0.1) is 0 Å². The predicted octanol–water partition coefficient (Wildman–Crippen LogP) is 2.13. The minimum atomic E-state index is -0.509. The molecule has 1 aliphatic rings. The van der Waals surface area contributed by atoms with Gasteiger partial charge in [-0.3, -0.25) is 10.1 Å². The standard InChI is InChI=1S/C12H11ClN4O/c13-9-4-2-1-3-8(9)12(5-6-12)10(18)16-11-14-7-15-17-11/h1-4,7H,5-6H2,(H2,14,15,16,17,18). The van der Waals surface area contributed by atoms with Crippen molar-refractivity contribution in [2.45, 2.75) is 18.3 Å². The van der Waals surface area contributed by atoms with Gasteiger partial charge in [0, 0.05) is 5.02 Å². The first-order valence-electron chi connectivity index (χ1n) is 5.64. The van der Waals surface area contributed by atoms with Crippen LogP contribution in [0.15, 0.2) is 30.6 Å². The summed E-state index contributed by atoms with van der Waals surface area (Å²) < 4.78 is 0. The molecule has 6 heteroatoms. The van der Waals surface area contributed by atoms with E-state index in [4.69, 9.17) is 11.6 Å². The molecule has 18 heavy (non-hydrogen) atoms. The van der Waals surface area contributed by atoms with Gasteiger partial charge in [0.1, 0.15) is 6.33 Å². The minimum absolute atomic E-state index is 0.0904. The fraction of sp³-hybridized carbons (Fsp3) is 0.250. The number of aromatic amines is 1. The van der Waals surface area contributed by atoms with Crippen molar-refractivity contribution in [2.24, 2.45) is 0 Å². The van der Waals surface area contributed by atoms with Gasteiger partial charge in [0.05, 0.1) is 5.41 Å². The molecule has 1 aliphatic carbocycles. The Labute approximate surface area is 109 Å².